The van der Waals surface area contributed by atoms with Gasteiger partial charge in [-0.25, -0.2) is 8.42 Å². The van der Waals surface area contributed by atoms with E-state index in [1.54, 1.807) is 48.7 Å². The molecule has 1 N–H and O–H groups in total. The van der Waals surface area contributed by atoms with Gasteiger partial charge in [-0.2, -0.15) is 17.9 Å². The predicted octanol–water partition coefficient (Wildman–Crippen LogP) is 7.32. The number of alkyl halides is 3. The number of sulfonamides is 1. The Kier molecular flexibility index (Phi) is 8.18. The Morgan fingerprint density at radius 3 is 2.16 bits per heavy atom. The van der Waals surface area contributed by atoms with Crippen LogP contribution in [0.15, 0.2) is 91.1 Å². The van der Waals surface area contributed by atoms with Crippen LogP contribution in [0.25, 0.3) is 0 Å². The molecule has 0 radical (unpaired) electrons. The smallest absolute Gasteiger partial charge is 0.259 e. The van der Waals surface area contributed by atoms with E-state index in [0.717, 1.165) is 17.7 Å². The molecule has 0 aliphatic rings. The number of hydrogen-bond donors (Lipinski definition) is 1. The molecule has 0 saturated heterocycles. The van der Waals surface area contributed by atoms with Crippen LogP contribution in [0.3, 0.4) is 0 Å². The zero-order valence-electron chi connectivity index (χ0n) is 20.1. The maximum atomic E-state index is 13.8. The maximum Gasteiger partial charge on any atom is 0.416 e. The normalized spacial score (nSPS) is 13.7. The zero-order valence-corrected chi connectivity index (χ0v) is 22.5. The van der Waals surface area contributed by atoms with Crippen LogP contribution < -0.4 is 4.72 Å². The molecule has 4 rings (SSSR count). The summed E-state index contributed by atoms with van der Waals surface area (Å²) in [4.78, 5) is 4.49. The molecule has 4 nitrogen and oxygen atoms in total. The molecule has 0 bridgehead atoms. The fraction of sp³-hybridized carbons (Fsp3) is 0.179. The van der Waals surface area contributed by atoms with Gasteiger partial charge >= 0.3 is 6.18 Å². The standard InChI is InChI=1S/C28H23Cl2F3N2O2S/c1-19-10-13-26(34-17-19)27(16-20-6-3-2-4-7-20,22-8-5-9-23(15-22)28(31,32)33)35-38(36,37)18-21-11-12-24(29)25(30)14-21/h2-15,17,35H,16,18H2,1H3. The lowest BCUT2D eigenvalue weighted by Crippen LogP contribution is -2.49. The lowest BCUT2D eigenvalue weighted by Gasteiger charge is -2.35. The zero-order chi connectivity index (χ0) is 27.6. The Bertz CT molecular complexity index is 1530. The maximum absolute atomic E-state index is 13.8. The number of aromatic nitrogens is 1. The van der Waals surface area contributed by atoms with Crippen molar-refractivity contribution in [3.05, 3.63) is 135 Å². The van der Waals surface area contributed by atoms with Crippen molar-refractivity contribution in [2.75, 3.05) is 0 Å². The fourth-order valence-corrected chi connectivity index (χ4v) is 6.06. The highest BCUT2D eigenvalue weighted by atomic mass is 35.5. The van der Waals surface area contributed by atoms with E-state index in [-0.39, 0.29) is 27.7 Å². The number of nitrogens with zero attached hydrogens (tertiary/aromatic N) is 1. The highest BCUT2D eigenvalue weighted by Gasteiger charge is 2.41. The third kappa shape index (κ3) is 6.56. The average Bonchev–Trinajstić information content (AvgIpc) is 2.86. The molecule has 1 heterocycles. The van der Waals surface area contributed by atoms with Gasteiger partial charge in [0.05, 0.1) is 27.1 Å². The first-order valence-corrected chi connectivity index (χ1v) is 13.9. The van der Waals surface area contributed by atoms with Crippen LogP contribution in [0.5, 0.6) is 0 Å². The van der Waals surface area contributed by atoms with Crippen molar-refractivity contribution in [3.8, 4) is 0 Å². The minimum absolute atomic E-state index is 0.00577. The van der Waals surface area contributed by atoms with E-state index in [1.165, 1.54) is 30.3 Å². The Morgan fingerprint density at radius 2 is 1.53 bits per heavy atom. The summed E-state index contributed by atoms with van der Waals surface area (Å²) in [7, 11) is -4.17. The summed E-state index contributed by atoms with van der Waals surface area (Å²) >= 11 is 12.1. The van der Waals surface area contributed by atoms with E-state index in [1.807, 2.05) is 6.92 Å². The lowest BCUT2D eigenvalue weighted by atomic mass is 9.81. The molecule has 1 unspecified atom stereocenters. The SMILES string of the molecule is Cc1ccc(C(Cc2ccccc2)(NS(=O)(=O)Cc2ccc(Cl)c(Cl)c2)c2cccc(C(F)(F)F)c2)nc1. The molecule has 0 aliphatic heterocycles. The summed E-state index contributed by atoms with van der Waals surface area (Å²) in [5.74, 6) is -0.481. The van der Waals surface area contributed by atoms with Gasteiger partial charge in [-0.15, -0.1) is 0 Å². The van der Waals surface area contributed by atoms with E-state index in [9.17, 15) is 21.6 Å². The average molecular weight is 579 g/mol. The first-order valence-electron chi connectivity index (χ1n) is 11.5. The highest BCUT2D eigenvalue weighted by Crippen LogP contribution is 2.38. The first kappa shape index (κ1) is 28.1. The lowest BCUT2D eigenvalue weighted by molar-refractivity contribution is -0.137. The van der Waals surface area contributed by atoms with Gasteiger partial charge in [0.2, 0.25) is 10.0 Å². The molecule has 0 saturated carbocycles. The van der Waals surface area contributed by atoms with Crippen LogP contribution in [-0.4, -0.2) is 13.4 Å². The van der Waals surface area contributed by atoms with E-state index >= 15 is 0 Å². The third-order valence-corrected chi connectivity index (χ3v) is 8.13. The van der Waals surface area contributed by atoms with Crippen LogP contribution in [0.2, 0.25) is 10.0 Å². The van der Waals surface area contributed by atoms with Crippen molar-refractivity contribution in [2.24, 2.45) is 0 Å². The molecule has 4 aromatic rings. The Hall–Kier alpha value is -2.91. The third-order valence-electron chi connectivity index (χ3n) is 6.01. The summed E-state index contributed by atoms with van der Waals surface area (Å²) in [5, 5.41) is 0.458. The number of rotatable bonds is 8. The van der Waals surface area contributed by atoms with Crippen molar-refractivity contribution >= 4 is 33.2 Å². The molecular formula is C28H23Cl2F3N2O2S. The van der Waals surface area contributed by atoms with E-state index in [0.29, 0.717) is 11.1 Å². The van der Waals surface area contributed by atoms with Crippen LogP contribution in [-0.2, 0) is 33.9 Å². The number of halogens is 5. The second-order valence-electron chi connectivity index (χ2n) is 8.98. The van der Waals surface area contributed by atoms with Gasteiger partial charge in [-0.1, -0.05) is 77.8 Å². The van der Waals surface area contributed by atoms with Crippen LogP contribution >= 0.6 is 23.2 Å². The first-order chi connectivity index (χ1) is 17.9. The largest absolute Gasteiger partial charge is 0.416 e. The Balaban J connectivity index is 1.92. The van der Waals surface area contributed by atoms with E-state index in [4.69, 9.17) is 23.2 Å². The molecular weight excluding hydrogens is 556 g/mol. The Labute approximate surface area is 229 Å². The number of nitrogens with one attached hydrogen (secondary N) is 1. The minimum atomic E-state index is -4.63. The van der Waals surface area contributed by atoms with Gasteiger partial charge in [0.15, 0.2) is 0 Å². The van der Waals surface area contributed by atoms with Gasteiger partial charge in [-0.05, 0) is 59.5 Å². The molecule has 0 spiro atoms. The van der Waals surface area contributed by atoms with Crippen molar-refractivity contribution in [1.29, 1.82) is 0 Å². The molecule has 198 valence electrons. The molecule has 38 heavy (non-hydrogen) atoms. The van der Waals surface area contributed by atoms with Crippen LogP contribution in [0.1, 0.15) is 33.5 Å². The second-order valence-corrected chi connectivity index (χ2v) is 11.5. The van der Waals surface area contributed by atoms with Gasteiger partial charge < -0.3 is 0 Å². The molecule has 10 heteroatoms. The number of pyridine rings is 1. The van der Waals surface area contributed by atoms with Crippen molar-refractivity contribution in [1.82, 2.24) is 9.71 Å². The molecule has 0 amide bonds. The molecule has 1 aromatic heterocycles. The minimum Gasteiger partial charge on any atom is -0.259 e. The number of aryl methyl sites for hydroxylation is 1. The van der Waals surface area contributed by atoms with Crippen LogP contribution in [0, 0.1) is 6.92 Å². The van der Waals surface area contributed by atoms with E-state index in [2.05, 4.69) is 9.71 Å². The molecule has 1 atom stereocenters. The highest BCUT2D eigenvalue weighted by molar-refractivity contribution is 7.88. The molecule has 0 fully saturated rings. The second kappa shape index (κ2) is 11.1. The summed E-state index contributed by atoms with van der Waals surface area (Å²) in [6, 6.07) is 21.4. The van der Waals surface area contributed by atoms with Gasteiger partial charge in [0.25, 0.3) is 0 Å². The van der Waals surface area contributed by atoms with Crippen molar-refractivity contribution in [3.63, 3.8) is 0 Å². The fourth-order valence-electron chi connectivity index (χ4n) is 4.22. The predicted molar refractivity (Wildman–Crippen MR) is 144 cm³/mol. The van der Waals surface area contributed by atoms with E-state index < -0.39 is 33.1 Å². The van der Waals surface area contributed by atoms with Gasteiger partial charge in [-0.3, -0.25) is 4.98 Å². The van der Waals surface area contributed by atoms with Crippen molar-refractivity contribution in [2.45, 2.75) is 30.8 Å². The summed E-state index contributed by atoms with van der Waals surface area (Å²) in [6.45, 7) is 1.81. The number of hydrogen-bond acceptors (Lipinski definition) is 3. The monoisotopic (exact) mass is 578 g/mol. The number of benzene rings is 3. The quantitative estimate of drug-likeness (QED) is 0.238. The van der Waals surface area contributed by atoms with Gasteiger partial charge in [0, 0.05) is 12.6 Å². The van der Waals surface area contributed by atoms with Crippen molar-refractivity contribution < 1.29 is 21.6 Å². The molecule has 3 aromatic carbocycles. The molecule has 0 aliphatic carbocycles. The Morgan fingerprint density at radius 1 is 0.816 bits per heavy atom. The van der Waals surface area contributed by atoms with Gasteiger partial charge in [0.1, 0.15) is 5.54 Å². The summed E-state index contributed by atoms with van der Waals surface area (Å²) in [5.41, 5.74) is -0.334. The van der Waals surface area contributed by atoms with Crippen LogP contribution in [0.4, 0.5) is 13.2 Å². The summed E-state index contributed by atoms with van der Waals surface area (Å²) in [6.07, 6.45) is -3.07. The summed E-state index contributed by atoms with van der Waals surface area (Å²) < 4.78 is 71.3. The topological polar surface area (TPSA) is 59.1 Å².